The molecule has 2 N–H and O–H groups in total. The van der Waals surface area contributed by atoms with Crippen LogP contribution in [0.25, 0.3) is 0 Å². The summed E-state index contributed by atoms with van der Waals surface area (Å²) in [6.45, 7) is 3.32. The van der Waals surface area contributed by atoms with E-state index in [9.17, 15) is 26.3 Å². The molecule has 2 aromatic carbocycles. The molecule has 0 unspecified atom stereocenters. The Kier molecular flexibility index (Phi) is 7.02. The molecule has 0 saturated carbocycles. The van der Waals surface area contributed by atoms with Gasteiger partial charge in [0.1, 0.15) is 5.82 Å². The van der Waals surface area contributed by atoms with E-state index in [0.717, 1.165) is 15.9 Å². The molecule has 0 aliphatic carbocycles. The Bertz CT molecular complexity index is 1420. The van der Waals surface area contributed by atoms with Gasteiger partial charge in [0.15, 0.2) is 34.2 Å². The lowest BCUT2D eigenvalue weighted by molar-refractivity contribution is 0.367. The van der Waals surface area contributed by atoms with E-state index in [4.69, 9.17) is 12.2 Å². The lowest BCUT2D eigenvalue weighted by Crippen LogP contribution is -2.20. The van der Waals surface area contributed by atoms with E-state index in [1.165, 1.54) is 24.4 Å². The first-order valence-corrected chi connectivity index (χ1v) is 10.9. The highest BCUT2D eigenvalue weighted by Crippen LogP contribution is 2.24. The highest BCUT2D eigenvalue weighted by molar-refractivity contribution is 7.80. The molecule has 0 atom stereocenters. The van der Waals surface area contributed by atoms with Gasteiger partial charge in [-0.2, -0.15) is 10.2 Å². The van der Waals surface area contributed by atoms with Crippen molar-refractivity contribution in [2.75, 3.05) is 10.6 Å². The first-order chi connectivity index (χ1) is 17.0. The van der Waals surface area contributed by atoms with Crippen LogP contribution in [0, 0.1) is 48.8 Å². The Hall–Kier alpha value is -3.87. The van der Waals surface area contributed by atoms with Crippen molar-refractivity contribution in [2.24, 2.45) is 0 Å². The number of benzene rings is 2. The Labute approximate surface area is 206 Å². The predicted octanol–water partition coefficient (Wildman–Crippen LogP) is 5.44. The molecular weight excluding hydrogens is 506 g/mol. The van der Waals surface area contributed by atoms with Crippen LogP contribution in [0.15, 0.2) is 36.5 Å². The summed E-state index contributed by atoms with van der Waals surface area (Å²) in [5.41, 5.74) is 1.89. The third kappa shape index (κ3) is 5.05. The topological polar surface area (TPSA) is 59.7 Å². The van der Waals surface area contributed by atoms with E-state index in [0.29, 0.717) is 17.9 Å². The Morgan fingerprint density at radius 3 is 2.06 bits per heavy atom. The first kappa shape index (κ1) is 25.2. The second kappa shape index (κ2) is 10.0. The zero-order valence-electron chi connectivity index (χ0n) is 18.8. The summed E-state index contributed by atoms with van der Waals surface area (Å²) in [5, 5.41) is 14.4. The van der Waals surface area contributed by atoms with E-state index in [2.05, 4.69) is 20.8 Å². The number of anilines is 2. The van der Waals surface area contributed by atoms with Gasteiger partial charge in [-0.05, 0) is 43.8 Å². The second-order valence-electron chi connectivity index (χ2n) is 7.86. The molecule has 0 spiro atoms. The Morgan fingerprint density at radius 1 is 0.806 bits per heavy atom. The summed E-state index contributed by atoms with van der Waals surface area (Å²) in [6, 6.07) is 7.47. The van der Waals surface area contributed by atoms with E-state index in [1.807, 2.05) is 6.92 Å². The molecule has 0 aliphatic rings. The van der Waals surface area contributed by atoms with Gasteiger partial charge in [-0.25, -0.2) is 26.3 Å². The first-order valence-electron chi connectivity index (χ1n) is 10.4. The number of nitrogens with one attached hydrogen (secondary N) is 2. The maximum absolute atomic E-state index is 13.9. The second-order valence-corrected chi connectivity index (χ2v) is 8.26. The van der Waals surface area contributed by atoms with Crippen molar-refractivity contribution in [3.05, 3.63) is 93.9 Å². The highest BCUT2D eigenvalue weighted by atomic mass is 32.1. The molecule has 13 heteroatoms. The zero-order valence-corrected chi connectivity index (χ0v) is 19.7. The van der Waals surface area contributed by atoms with Gasteiger partial charge in [0.25, 0.3) is 0 Å². The minimum Gasteiger partial charge on any atom is -0.329 e. The van der Waals surface area contributed by atoms with Gasteiger partial charge >= 0.3 is 0 Å². The number of hydrogen-bond donors (Lipinski definition) is 2. The molecule has 4 aromatic rings. The Morgan fingerprint density at radius 2 is 1.42 bits per heavy atom. The van der Waals surface area contributed by atoms with Crippen LogP contribution in [0.2, 0.25) is 0 Å². The highest BCUT2D eigenvalue weighted by Gasteiger charge is 2.26. The van der Waals surface area contributed by atoms with Crippen molar-refractivity contribution < 1.29 is 26.3 Å². The third-order valence-corrected chi connectivity index (χ3v) is 5.57. The molecule has 0 saturated heterocycles. The van der Waals surface area contributed by atoms with E-state index < -0.39 is 41.2 Å². The van der Waals surface area contributed by atoms with Crippen LogP contribution < -0.4 is 10.6 Å². The number of nitrogens with zero attached hydrogens (tertiary/aromatic N) is 4. The SMILES string of the molecule is Cc1nn(Cc2ccc(F)cc2)c(C)c1NC(=S)Nc1ccn(Cc2c(F)c(F)c(F)c(F)c2F)n1. The maximum Gasteiger partial charge on any atom is 0.200 e. The molecule has 4 rings (SSSR count). The predicted molar refractivity (Wildman–Crippen MR) is 125 cm³/mol. The smallest absolute Gasteiger partial charge is 0.200 e. The molecule has 2 aromatic heterocycles. The van der Waals surface area contributed by atoms with E-state index in [-0.39, 0.29) is 16.7 Å². The summed E-state index contributed by atoms with van der Waals surface area (Å²) in [5.74, 6) is -10.3. The van der Waals surface area contributed by atoms with Crippen molar-refractivity contribution in [2.45, 2.75) is 26.9 Å². The van der Waals surface area contributed by atoms with Crippen molar-refractivity contribution >= 4 is 28.8 Å². The molecule has 6 nitrogen and oxygen atoms in total. The molecular formula is C23H18F6N6S. The number of hydrogen-bond acceptors (Lipinski definition) is 3. The van der Waals surface area contributed by atoms with Gasteiger partial charge in [-0.1, -0.05) is 12.1 Å². The fraction of sp³-hybridized carbons (Fsp3) is 0.174. The third-order valence-electron chi connectivity index (χ3n) is 5.37. The summed E-state index contributed by atoms with van der Waals surface area (Å²) >= 11 is 5.31. The molecule has 2 heterocycles. The molecule has 188 valence electrons. The van der Waals surface area contributed by atoms with Gasteiger partial charge in [0, 0.05) is 12.3 Å². The van der Waals surface area contributed by atoms with Gasteiger partial charge in [-0.15, -0.1) is 0 Å². The number of aromatic nitrogens is 4. The quantitative estimate of drug-likeness (QED) is 0.152. The van der Waals surface area contributed by atoms with Gasteiger partial charge < -0.3 is 10.6 Å². The molecule has 0 radical (unpaired) electrons. The van der Waals surface area contributed by atoms with Crippen LogP contribution in [0.4, 0.5) is 37.8 Å². The number of rotatable bonds is 6. The lowest BCUT2D eigenvalue weighted by atomic mass is 10.1. The number of thiocarbonyl (C=S) groups is 1. The van der Waals surface area contributed by atoms with Gasteiger partial charge in [0.2, 0.25) is 5.82 Å². The van der Waals surface area contributed by atoms with Crippen LogP contribution in [-0.2, 0) is 13.1 Å². The van der Waals surface area contributed by atoms with Crippen LogP contribution in [0.3, 0.4) is 0 Å². The average Bonchev–Trinajstić information content (AvgIpc) is 3.39. The summed E-state index contributed by atoms with van der Waals surface area (Å²) in [4.78, 5) is 0. The number of halogens is 6. The fourth-order valence-corrected chi connectivity index (χ4v) is 3.73. The van der Waals surface area contributed by atoms with E-state index in [1.54, 1.807) is 23.7 Å². The largest absolute Gasteiger partial charge is 0.329 e. The van der Waals surface area contributed by atoms with Crippen LogP contribution in [0.5, 0.6) is 0 Å². The standard InChI is InChI=1S/C23H18F6N6S/c1-11-22(12(2)35(32-11)9-13-3-5-14(24)6-4-13)31-23(36)30-16-7-8-34(33-16)10-15-17(25)19(27)21(29)20(28)18(15)26/h3-8H,9-10H2,1-2H3,(H2,30,31,33,36). The number of aryl methyl sites for hydroxylation is 1. The van der Waals surface area contributed by atoms with Crippen molar-refractivity contribution in [1.82, 2.24) is 19.6 Å². The van der Waals surface area contributed by atoms with Crippen LogP contribution in [0.1, 0.15) is 22.5 Å². The average molecular weight is 524 g/mol. The summed E-state index contributed by atoms with van der Waals surface area (Å²) in [7, 11) is 0. The molecule has 0 fully saturated rings. The molecule has 36 heavy (non-hydrogen) atoms. The maximum atomic E-state index is 13.9. The van der Waals surface area contributed by atoms with Gasteiger partial charge in [0.05, 0.1) is 35.7 Å². The normalized spacial score (nSPS) is 11.1. The Balaban J connectivity index is 1.44. The van der Waals surface area contributed by atoms with Crippen LogP contribution >= 0.6 is 12.2 Å². The lowest BCUT2D eigenvalue weighted by Gasteiger charge is -2.10. The van der Waals surface area contributed by atoms with Crippen molar-refractivity contribution in [3.8, 4) is 0 Å². The van der Waals surface area contributed by atoms with E-state index >= 15 is 0 Å². The molecule has 0 bridgehead atoms. The summed E-state index contributed by atoms with van der Waals surface area (Å²) in [6.07, 6.45) is 1.29. The van der Waals surface area contributed by atoms with Crippen molar-refractivity contribution in [1.29, 1.82) is 0 Å². The monoisotopic (exact) mass is 524 g/mol. The van der Waals surface area contributed by atoms with Crippen molar-refractivity contribution in [3.63, 3.8) is 0 Å². The van der Waals surface area contributed by atoms with Gasteiger partial charge in [-0.3, -0.25) is 9.36 Å². The minimum atomic E-state index is -2.22. The fourth-order valence-electron chi connectivity index (χ4n) is 3.52. The molecule has 0 aliphatic heterocycles. The summed E-state index contributed by atoms with van der Waals surface area (Å²) < 4.78 is 83.9. The molecule has 0 amide bonds. The minimum absolute atomic E-state index is 0.129. The zero-order chi connectivity index (χ0) is 26.1. The van der Waals surface area contributed by atoms with Crippen LogP contribution in [-0.4, -0.2) is 24.7 Å².